The molecule has 0 aliphatic carbocycles. The first-order valence-electron chi connectivity index (χ1n) is 8.37. The molecular weight excluding hydrogens is 355 g/mol. The first-order chi connectivity index (χ1) is 12.1. The number of carbonyl (C=O) groups excluding carboxylic acids is 1. The molecule has 0 spiro atoms. The average Bonchev–Trinajstić information content (AvgIpc) is 3.14. The highest BCUT2D eigenvalue weighted by atomic mass is 35.5. The highest BCUT2D eigenvalue weighted by molar-refractivity contribution is 6.35. The summed E-state index contributed by atoms with van der Waals surface area (Å²) in [4.78, 5) is 14.4. The Labute approximate surface area is 158 Å². The molecule has 0 atom stereocenters. The van der Waals surface area contributed by atoms with E-state index < -0.39 is 0 Å². The van der Waals surface area contributed by atoms with E-state index in [-0.39, 0.29) is 5.91 Å². The van der Waals surface area contributed by atoms with Crippen molar-refractivity contribution in [1.82, 2.24) is 5.32 Å². The lowest BCUT2D eigenvalue weighted by molar-refractivity contribution is -0.116. The predicted molar refractivity (Wildman–Crippen MR) is 105 cm³/mol. The monoisotopic (exact) mass is 374 g/mol. The number of carbonyl (C=O) groups is 1. The molecule has 25 heavy (non-hydrogen) atoms. The van der Waals surface area contributed by atoms with Crippen molar-refractivity contribution in [2.24, 2.45) is 0 Å². The molecule has 1 saturated heterocycles. The molecular formula is C20H20Cl2N2O. The second-order valence-electron chi connectivity index (χ2n) is 6.08. The Morgan fingerprint density at radius 3 is 2.48 bits per heavy atom. The summed E-state index contributed by atoms with van der Waals surface area (Å²) in [6.45, 7) is 2.76. The van der Waals surface area contributed by atoms with Crippen LogP contribution >= 0.6 is 23.2 Å². The second kappa shape index (κ2) is 8.41. The molecule has 1 fully saturated rings. The van der Waals surface area contributed by atoms with E-state index in [4.69, 9.17) is 23.2 Å². The summed E-state index contributed by atoms with van der Waals surface area (Å²) < 4.78 is 0. The van der Waals surface area contributed by atoms with Crippen LogP contribution in [0, 0.1) is 0 Å². The molecule has 130 valence electrons. The number of anilines is 1. The van der Waals surface area contributed by atoms with E-state index in [9.17, 15) is 4.79 Å². The van der Waals surface area contributed by atoms with Crippen molar-refractivity contribution >= 4 is 40.9 Å². The Balaban J connectivity index is 1.52. The zero-order valence-electron chi connectivity index (χ0n) is 13.8. The van der Waals surface area contributed by atoms with E-state index in [1.54, 1.807) is 24.3 Å². The molecule has 0 unspecified atom stereocenters. The fourth-order valence-electron chi connectivity index (χ4n) is 2.85. The fraction of sp³-hybridized carbons (Fsp3) is 0.250. The van der Waals surface area contributed by atoms with Crippen molar-refractivity contribution in [3.63, 3.8) is 0 Å². The van der Waals surface area contributed by atoms with Gasteiger partial charge in [0, 0.05) is 41.4 Å². The van der Waals surface area contributed by atoms with Crippen molar-refractivity contribution in [3.05, 3.63) is 69.7 Å². The highest BCUT2D eigenvalue weighted by Crippen LogP contribution is 2.22. The minimum Gasteiger partial charge on any atom is -0.372 e. The molecule has 0 bridgehead atoms. The third kappa shape index (κ3) is 5.00. The molecule has 2 aromatic carbocycles. The number of hydrogen-bond acceptors (Lipinski definition) is 2. The summed E-state index contributed by atoms with van der Waals surface area (Å²) in [7, 11) is 0. The van der Waals surface area contributed by atoms with Crippen LogP contribution in [0.1, 0.15) is 24.0 Å². The lowest BCUT2D eigenvalue weighted by Gasteiger charge is -2.17. The van der Waals surface area contributed by atoms with E-state index in [2.05, 4.69) is 34.5 Å². The first kappa shape index (κ1) is 17.8. The highest BCUT2D eigenvalue weighted by Gasteiger charge is 2.11. The number of nitrogens with zero attached hydrogens (tertiary/aromatic N) is 1. The van der Waals surface area contributed by atoms with Gasteiger partial charge in [-0.1, -0.05) is 41.4 Å². The van der Waals surface area contributed by atoms with Crippen LogP contribution in [0.25, 0.3) is 6.08 Å². The molecule has 1 heterocycles. The van der Waals surface area contributed by atoms with Gasteiger partial charge in [0.15, 0.2) is 0 Å². The van der Waals surface area contributed by atoms with Gasteiger partial charge in [-0.25, -0.2) is 0 Å². The van der Waals surface area contributed by atoms with Crippen LogP contribution in [-0.4, -0.2) is 19.0 Å². The maximum Gasteiger partial charge on any atom is 0.244 e. The van der Waals surface area contributed by atoms with Crippen LogP contribution in [0.3, 0.4) is 0 Å². The van der Waals surface area contributed by atoms with E-state index in [1.165, 1.54) is 24.6 Å². The molecule has 2 aromatic rings. The molecule has 1 N–H and O–H groups in total. The molecule has 3 rings (SSSR count). The molecule has 1 amide bonds. The summed E-state index contributed by atoms with van der Waals surface area (Å²) in [5.74, 6) is -0.158. The van der Waals surface area contributed by atoms with Crippen LogP contribution in [0.4, 0.5) is 5.69 Å². The van der Waals surface area contributed by atoms with Crippen molar-refractivity contribution < 1.29 is 4.79 Å². The normalized spacial score (nSPS) is 14.2. The largest absolute Gasteiger partial charge is 0.372 e. The zero-order chi connectivity index (χ0) is 17.6. The number of halogens is 2. The van der Waals surface area contributed by atoms with E-state index in [0.29, 0.717) is 16.6 Å². The summed E-state index contributed by atoms with van der Waals surface area (Å²) in [5, 5.41) is 3.98. The van der Waals surface area contributed by atoms with Gasteiger partial charge in [0.2, 0.25) is 5.91 Å². The van der Waals surface area contributed by atoms with Crippen molar-refractivity contribution in [2.45, 2.75) is 19.4 Å². The number of benzene rings is 2. The third-order valence-electron chi connectivity index (χ3n) is 4.25. The quantitative estimate of drug-likeness (QED) is 0.752. The smallest absolute Gasteiger partial charge is 0.244 e. The van der Waals surface area contributed by atoms with Gasteiger partial charge in [-0.05, 0) is 54.3 Å². The van der Waals surface area contributed by atoms with Gasteiger partial charge in [-0.15, -0.1) is 0 Å². The lowest BCUT2D eigenvalue weighted by atomic mass is 10.2. The topological polar surface area (TPSA) is 32.3 Å². The zero-order valence-corrected chi connectivity index (χ0v) is 15.4. The summed E-state index contributed by atoms with van der Waals surface area (Å²) in [5.41, 5.74) is 3.09. The SMILES string of the molecule is O=C(/C=C/c1ccc(Cl)cc1Cl)NCc1ccc(N2CCCC2)cc1. The Kier molecular flexibility index (Phi) is 6.00. The fourth-order valence-corrected chi connectivity index (χ4v) is 3.32. The van der Waals surface area contributed by atoms with Crippen LogP contribution in [0.15, 0.2) is 48.5 Å². The number of rotatable bonds is 5. The van der Waals surface area contributed by atoms with Gasteiger partial charge < -0.3 is 10.2 Å². The minimum absolute atomic E-state index is 0.158. The van der Waals surface area contributed by atoms with Crippen molar-refractivity contribution in [1.29, 1.82) is 0 Å². The van der Waals surface area contributed by atoms with Crippen LogP contribution < -0.4 is 10.2 Å². The molecule has 1 aliphatic heterocycles. The van der Waals surface area contributed by atoms with E-state index >= 15 is 0 Å². The maximum atomic E-state index is 12.0. The van der Waals surface area contributed by atoms with Gasteiger partial charge in [0.05, 0.1) is 0 Å². The van der Waals surface area contributed by atoms with E-state index in [0.717, 1.165) is 24.2 Å². The van der Waals surface area contributed by atoms with Crippen LogP contribution in [0.5, 0.6) is 0 Å². The molecule has 0 aromatic heterocycles. The van der Waals surface area contributed by atoms with Crippen LogP contribution in [0.2, 0.25) is 10.0 Å². The number of hydrogen-bond donors (Lipinski definition) is 1. The second-order valence-corrected chi connectivity index (χ2v) is 6.92. The van der Waals surface area contributed by atoms with Gasteiger partial charge in [0.1, 0.15) is 0 Å². The molecule has 5 heteroatoms. The summed E-state index contributed by atoms with van der Waals surface area (Å²) in [6.07, 6.45) is 5.70. The van der Waals surface area contributed by atoms with Gasteiger partial charge in [0.25, 0.3) is 0 Å². The number of amides is 1. The summed E-state index contributed by atoms with van der Waals surface area (Å²) in [6, 6.07) is 13.6. The van der Waals surface area contributed by atoms with Gasteiger partial charge >= 0.3 is 0 Å². The first-order valence-corrected chi connectivity index (χ1v) is 9.12. The standard InChI is InChI=1S/C20H20Cl2N2O/c21-17-7-5-16(19(22)13-17)6-10-20(25)23-14-15-3-8-18(9-4-15)24-11-1-2-12-24/h3-10,13H,1-2,11-12,14H2,(H,23,25)/b10-6+. The third-order valence-corrected chi connectivity index (χ3v) is 4.81. The van der Waals surface area contributed by atoms with Crippen LogP contribution in [-0.2, 0) is 11.3 Å². The maximum absolute atomic E-state index is 12.0. The Morgan fingerprint density at radius 1 is 1.08 bits per heavy atom. The predicted octanol–water partition coefficient (Wildman–Crippen LogP) is 4.92. The molecule has 1 aliphatic rings. The Bertz CT molecular complexity index is 766. The van der Waals surface area contributed by atoms with E-state index in [1.807, 2.05) is 0 Å². The Morgan fingerprint density at radius 2 is 1.80 bits per heavy atom. The van der Waals surface area contributed by atoms with Gasteiger partial charge in [-0.3, -0.25) is 4.79 Å². The minimum atomic E-state index is -0.158. The Hall–Kier alpha value is -1.97. The van der Waals surface area contributed by atoms with Gasteiger partial charge in [-0.2, -0.15) is 0 Å². The summed E-state index contributed by atoms with van der Waals surface area (Å²) >= 11 is 11.9. The average molecular weight is 375 g/mol. The van der Waals surface area contributed by atoms with Crippen molar-refractivity contribution in [3.8, 4) is 0 Å². The van der Waals surface area contributed by atoms with Crippen molar-refractivity contribution in [2.75, 3.05) is 18.0 Å². The molecule has 3 nitrogen and oxygen atoms in total. The number of nitrogens with one attached hydrogen (secondary N) is 1. The molecule has 0 radical (unpaired) electrons. The lowest BCUT2D eigenvalue weighted by Crippen LogP contribution is -2.20. The molecule has 0 saturated carbocycles.